The molecule has 0 aliphatic carbocycles. The zero-order chi connectivity index (χ0) is 13.1. The second-order valence-electron chi connectivity index (χ2n) is 4.67. The van der Waals surface area contributed by atoms with Crippen LogP contribution in [0.3, 0.4) is 0 Å². The third-order valence-electron chi connectivity index (χ3n) is 3.20. The average Bonchev–Trinajstić information content (AvgIpc) is 2.75. The third kappa shape index (κ3) is 2.88. The number of nitrogens with one attached hydrogen (secondary N) is 1. The van der Waals surface area contributed by atoms with Gasteiger partial charge in [0.25, 0.3) is 0 Å². The lowest BCUT2D eigenvalue weighted by Gasteiger charge is -2.31. The van der Waals surface area contributed by atoms with Crippen LogP contribution in [0, 0.1) is 5.92 Å². The van der Waals surface area contributed by atoms with Crippen molar-refractivity contribution in [1.82, 2.24) is 14.7 Å². The second kappa shape index (κ2) is 5.20. The molecular formula is C12H18N4O2. The predicted octanol–water partition coefficient (Wildman–Crippen LogP) is 0.617. The van der Waals surface area contributed by atoms with Crippen LogP contribution in [-0.4, -0.2) is 39.6 Å². The zero-order valence-electron chi connectivity index (χ0n) is 10.7. The second-order valence-corrected chi connectivity index (χ2v) is 4.67. The summed E-state index contributed by atoms with van der Waals surface area (Å²) in [6, 6.07) is 1.75. The van der Waals surface area contributed by atoms with E-state index in [1.165, 1.54) is 0 Å². The molecule has 1 atom stereocenters. The van der Waals surface area contributed by atoms with Gasteiger partial charge >= 0.3 is 0 Å². The Morgan fingerprint density at radius 3 is 2.89 bits per heavy atom. The first-order valence-electron chi connectivity index (χ1n) is 6.12. The molecule has 1 aromatic rings. The van der Waals surface area contributed by atoms with Crippen LogP contribution < -0.4 is 5.32 Å². The van der Waals surface area contributed by atoms with Crippen LogP contribution in [-0.2, 0) is 16.6 Å². The Labute approximate surface area is 106 Å². The molecule has 1 fully saturated rings. The molecule has 0 spiro atoms. The minimum Gasteiger partial charge on any atom is -0.342 e. The SMILES string of the molecule is CC(=O)N1CCC[C@@H](C(=O)Nc2ccn(C)n2)C1. The third-order valence-corrected chi connectivity index (χ3v) is 3.20. The number of carbonyl (C=O) groups excluding carboxylic acids is 2. The molecule has 1 aliphatic heterocycles. The fraction of sp³-hybridized carbons (Fsp3) is 0.583. The summed E-state index contributed by atoms with van der Waals surface area (Å²) in [6.45, 7) is 2.80. The molecule has 0 unspecified atom stereocenters. The molecule has 98 valence electrons. The molecular weight excluding hydrogens is 232 g/mol. The van der Waals surface area contributed by atoms with Crippen LogP contribution >= 0.6 is 0 Å². The number of hydrogen-bond donors (Lipinski definition) is 1. The maximum Gasteiger partial charge on any atom is 0.230 e. The van der Waals surface area contributed by atoms with E-state index in [1.54, 1.807) is 35.8 Å². The summed E-state index contributed by atoms with van der Waals surface area (Å²) in [5.74, 6) is 0.400. The van der Waals surface area contributed by atoms with Gasteiger partial charge in [0.15, 0.2) is 5.82 Å². The van der Waals surface area contributed by atoms with Crippen molar-refractivity contribution >= 4 is 17.6 Å². The first-order valence-corrected chi connectivity index (χ1v) is 6.12. The summed E-state index contributed by atoms with van der Waals surface area (Å²) in [6.07, 6.45) is 3.47. The lowest BCUT2D eigenvalue weighted by Crippen LogP contribution is -2.42. The monoisotopic (exact) mass is 250 g/mol. The summed E-state index contributed by atoms with van der Waals surface area (Å²) in [5.41, 5.74) is 0. The van der Waals surface area contributed by atoms with Crippen molar-refractivity contribution in [3.8, 4) is 0 Å². The molecule has 0 aromatic carbocycles. The van der Waals surface area contributed by atoms with E-state index < -0.39 is 0 Å². The highest BCUT2D eigenvalue weighted by Gasteiger charge is 2.27. The van der Waals surface area contributed by atoms with E-state index in [-0.39, 0.29) is 17.7 Å². The van der Waals surface area contributed by atoms with Gasteiger partial charge in [0.1, 0.15) is 0 Å². The van der Waals surface area contributed by atoms with Crippen LogP contribution in [0.15, 0.2) is 12.3 Å². The number of carbonyl (C=O) groups is 2. The number of rotatable bonds is 2. The number of piperidine rings is 1. The standard InChI is InChI=1S/C12H18N4O2/c1-9(17)16-6-3-4-10(8-16)12(18)13-11-5-7-15(2)14-11/h5,7,10H,3-4,6,8H2,1-2H3,(H,13,14,18)/t10-/m1/s1. The average molecular weight is 250 g/mol. The van der Waals surface area contributed by atoms with E-state index >= 15 is 0 Å². The van der Waals surface area contributed by atoms with Crippen molar-refractivity contribution < 1.29 is 9.59 Å². The molecule has 1 saturated heterocycles. The molecule has 1 aromatic heterocycles. The molecule has 1 aliphatic rings. The summed E-state index contributed by atoms with van der Waals surface area (Å²) in [7, 11) is 1.80. The van der Waals surface area contributed by atoms with Crippen molar-refractivity contribution in [2.24, 2.45) is 13.0 Å². The Bertz CT molecular complexity index is 455. The molecule has 0 radical (unpaired) electrons. The fourth-order valence-corrected chi connectivity index (χ4v) is 2.19. The zero-order valence-corrected chi connectivity index (χ0v) is 10.7. The van der Waals surface area contributed by atoms with E-state index in [0.717, 1.165) is 19.4 Å². The molecule has 1 N–H and O–H groups in total. The van der Waals surface area contributed by atoms with Crippen molar-refractivity contribution in [3.05, 3.63) is 12.3 Å². The van der Waals surface area contributed by atoms with Crippen LogP contribution in [0.2, 0.25) is 0 Å². The highest BCUT2D eigenvalue weighted by Crippen LogP contribution is 2.18. The Morgan fingerprint density at radius 2 is 2.28 bits per heavy atom. The van der Waals surface area contributed by atoms with Crippen LogP contribution in [0.4, 0.5) is 5.82 Å². The van der Waals surface area contributed by atoms with Gasteiger partial charge in [0.05, 0.1) is 5.92 Å². The Kier molecular flexibility index (Phi) is 3.64. The van der Waals surface area contributed by atoms with Gasteiger partial charge in [0, 0.05) is 39.3 Å². The Hall–Kier alpha value is -1.85. The normalized spacial score (nSPS) is 19.7. The van der Waals surface area contributed by atoms with E-state index in [0.29, 0.717) is 12.4 Å². The maximum absolute atomic E-state index is 12.0. The van der Waals surface area contributed by atoms with Gasteiger partial charge in [-0.2, -0.15) is 5.10 Å². The first kappa shape index (κ1) is 12.6. The van der Waals surface area contributed by atoms with Crippen LogP contribution in [0.5, 0.6) is 0 Å². The molecule has 6 heteroatoms. The summed E-state index contributed by atoms with van der Waals surface area (Å²) in [5, 5.41) is 6.89. The highest BCUT2D eigenvalue weighted by molar-refractivity contribution is 5.92. The summed E-state index contributed by atoms with van der Waals surface area (Å²) >= 11 is 0. The van der Waals surface area contributed by atoms with Gasteiger partial charge in [-0.3, -0.25) is 14.3 Å². The minimum absolute atomic E-state index is 0.0327. The van der Waals surface area contributed by atoms with Gasteiger partial charge in [-0.1, -0.05) is 0 Å². The summed E-state index contributed by atoms with van der Waals surface area (Å²) in [4.78, 5) is 25.1. The summed E-state index contributed by atoms with van der Waals surface area (Å²) < 4.78 is 1.64. The number of likely N-dealkylation sites (tertiary alicyclic amines) is 1. The van der Waals surface area contributed by atoms with Crippen molar-refractivity contribution in [2.45, 2.75) is 19.8 Å². The Balaban J connectivity index is 1.94. The van der Waals surface area contributed by atoms with E-state index in [2.05, 4.69) is 10.4 Å². The minimum atomic E-state index is -0.135. The predicted molar refractivity (Wildman–Crippen MR) is 66.8 cm³/mol. The van der Waals surface area contributed by atoms with Gasteiger partial charge in [-0.25, -0.2) is 0 Å². The topological polar surface area (TPSA) is 67.2 Å². The molecule has 2 amide bonds. The van der Waals surface area contributed by atoms with E-state index in [9.17, 15) is 9.59 Å². The molecule has 0 bridgehead atoms. The Morgan fingerprint density at radius 1 is 1.50 bits per heavy atom. The molecule has 2 heterocycles. The molecule has 0 saturated carbocycles. The highest BCUT2D eigenvalue weighted by atomic mass is 16.2. The first-order chi connectivity index (χ1) is 8.56. The van der Waals surface area contributed by atoms with E-state index in [4.69, 9.17) is 0 Å². The van der Waals surface area contributed by atoms with Gasteiger partial charge < -0.3 is 10.2 Å². The van der Waals surface area contributed by atoms with Crippen molar-refractivity contribution in [2.75, 3.05) is 18.4 Å². The number of anilines is 1. The number of hydrogen-bond acceptors (Lipinski definition) is 3. The largest absolute Gasteiger partial charge is 0.342 e. The van der Waals surface area contributed by atoms with E-state index in [1.807, 2.05) is 0 Å². The van der Waals surface area contributed by atoms with Crippen molar-refractivity contribution in [3.63, 3.8) is 0 Å². The van der Waals surface area contributed by atoms with Gasteiger partial charge in [-0.15, -0.1) is 0 Å². The van der Waals surface area contributed by atoms with Crippen LogP contribution in [0.25, 0.3) is 0 Å². The number of nitrogens with zero attached hydrogens (tertiary/aromatic N) is 3. The smallest absolute Gasteiger partial charge is 0.230 e. The number of aromatic nitrogens is 2. The fourth-order valence-electron chi connectivity index (χ4n) is 2.19. The van der Waals surface area contributed by atoms with Crippen molar-refractivity contribution in [1.29, 1.82) is 0 Å². The maximum atomic E-state index is 12.0. The van der Waals surface area contributed by atoms with Gasteiger partial charge in [0.2, 0.25) is 11.8 Å². The quantitative estimate of drug-likeness (QED) is 0.836. The molecule has 2 rings (SSSR count). The molecule has 18 heavy (non-hydrogen) atoms. The van der Waals surface area contributed by atoms with Gasteiger partial charge in [-0.05, 0) is 12.8 Å². The van der Waals surface area contributed by atoms with Crippen LogP contribution in [0.1, 0.15) is 19.8 Å². The molecule has 6 nitrogen and oxygen atoms in total. The lowest BCUT2D eigenvalue weighted by atomic mass is 9.97. The lowest BCUT2D eigenvalue weighted by molar-refractivity contribution is -0.132. The number of amides is 2. The number of aryl methyl sites for hydroxylation is 1.